The van der Waals surface area contributed by atoms with Crippen LogP contribution in [0, 0.1) is 6.92 Å². The van der Waals surface area contributed by atoms with Crippen molar-refractivity contribution in [3.8, 4) is 0 Å². The van der Waals surface area contributed by atoms with Gasteiger partial charge in [0.25, 0.3) is 0 Å². The molecule has 1 aliphatic rings. The topological polar surface area (TPSA) is 53.1 Å². The largest absolute Gasteiger partial charge is 0.496 e. The molecule has 0 amide bonds. The number of allylic oxidation sites excluding steroid dienone is 1. The van der Waals surface area contributed by atoms with E-state index in [-0.39, 0.29) is 6.04 Å². The van der Waals surface area contributed by atoms with E-state index in [1.165, 1.54) is 0 Å². The monoisotopic (exact) mass is 221 g/mol. The average Bonchev–Trinajstić information content (AvgIpc) is 2.70. The predicted octanol–water partition coefficient (Wildman–Crippen LogP) is 1.91. The molecular weight excluding hydrogens is 202 g/mol. The number of rotatable bonds is 3. The second kappa shape index (κ2) is 4.70. The van der Waals surface area contributed by atoms with Gasteiger partial charge in [0.1, 0.15) is 11.8 Å². The van der Waals surface area contributed by atoms with E-state index >= 15 is 0 Å². The lowest BCUT2D eigenvalue weighted by molar-refractivity contribution is 0.174. The lowest BCUT2D eigenvalue weighted by atomic mass is 10.1. The first-order valence-electron chi connectivity index (χ1n) is 5.85. The molecule has 0 aromatic carbocycles. The van der Waals surface area contributed by atoms with Crippen molar-refractivity contribution in [3.63, 3.8) is 0 Å². The van der Waals surface area contributed by atoms with E-state index in [2.05, 4.69) is 18.1 Å². The van der Waals surface area contributed by atoms with Gasteiger partial charge < -0.3 is 10.5 Å². The van der Waals surface area contributed by atoms with Gasteiger partial charge in [-0.25, -0.2) is 0 Å². The minimum Gasteiger partial charge on any atom is -0.496 e. The van der Waals surface area contributed by atoms with Crippen LogP contribution in [0.5, 0.6) is 0 Å². The molecular formula is C12H19N3O. The SMILES string of the molecule is CCn1nc(C)cc1C(N)C1=CCCCO1. The Balaban J connectivity index is 2.25. The summed E-state index contributed by atoms with van der Waals surface area (Å²) in [6.45, 7) is 5.67. The number of hydrogen-bond acceptors (Lipinski definition) is 3. The van der Waals surface area contributed by atoms with Crippen molar-refractivity contribution in [1.29, 1.82) is 0 Å². The second-order valence-electron chi connectivity index (χ2n) is 4.10. The van der Waals surface area contributed by atoms with E-state index in [4.69, 9.17) is 10.5 Å². The third-order valence-electron chi connectivity index (χ3n) is 2.82. The van der Waals surface area contributed by atoms with Crippen molar-refractivity contribution < 1.29 is 4.74 Å². The molecule has 2 N–H and O–H groups in total. The molecule has 0 saturated heterocycles. The molecule has 16 heavy (non-hydrogen) atoms. The molecule has 1 aliphatic heterocycles. The van der Waals surface area contributed by atoms with Crippen LogP contribution in [0.15, 0.2) is 17.9 Å². The molecule has 0 radical (unpaired) electrons. The van der Waals surface area contributed by atoms with Gasteiger partial charge >= 0.3 is 0 Å². The van der Waals surface area contributed by atoms with Gasteiger partial charge in [0.05, 0.1) is 18.0 Å². The molecule has 0 saturated carbocycles. The van der Waals surface area contributed by atoms with Gasteiger partial charge in [-0.3, -0.25) is 4.68 Å². The van der Waals surface area contributed by atoms with Crippen LogP contribution in [0.1, 0.15) is 37.2 Å². The van der Waals surface area contributed by atoms with E-state index in [9.17, 15) is 0 Å². The van der Waals surface area contributed by atoms with E-state index in [1.54, 1.807) is 0 Å². The number of hydrogen-bond donors (Lipinski definition) is 1. The maximum atomic E-state index is 6.21. The zero-order valence-electron chi connectivity index (χ0n) is 9.94. The van der Waals surface area contributed by atoms with Gasteiger partial charge in [0.15, 0.2) is 0 Å². The quantitative estimate of drug-likeness (QED) is 0.848. The van der Waals surface area contributed by atoms with E-state index in [0.29, 0.717) is 0 Å². The third kappa shape index (κ3) is 2.11. The highest BCUT2D eigenvalue weighted by Gasteiger charge is 2.19. The minimum absolute atomic E-state index is 0.179. The Morgan fingerprint density at radius 3 is 3.06 bits per heavy atom. The summed E-state index contributed by atoms with van der Waals surface area (Å²) in [6.07, 6.45) is 4.24. The highest BCUT2D eigenvalue weighted by atomic mass is 16.5. The van der Waals surface area contributed by atoms with Gasteiger partial charge in [0, 0.05) is 6.54 Å². The van der Waals surface area contributed by atoms with Crippen molar-refractivity contribution >= 4 is 0 Å². The summed E-state index contributed by atoms with van der Waals surface area (Å²) in [4.78, 5) is 0. The highest BCUT2D eigenvalue weighted by Crippen LogP contribution is 2.24. The summed E-state index contributed by atoms with van der Waals surface area (Å²) in [5.74, 6) is 0.890. The second-order valence-corrected chi connectivity index (χ2v) is 4.10. The summed E-state index contributed by atoms with van der Waals surface area (Å²) >= 11 is 0. The predicted molar refractivity (Wildman–Crippen MR) is 62.8 cm³/mol. The molecule has 2 rings (SSSR count). The van der Waals surface area contributed by atoms with Crippen LogP contribution in [-0.4, -0.2) is 16.4 Å². The zero-order chi connectivity index (χ0) is 11.5. The number of aryl methyl sites for hydroxylation is 2. The summed E-state index contributed by atoms with van der Waals surface area (Å²) < 4.78 is 7.54. The molecule has 4 nitrogen and oxygen atoms in total. The first kappa shape index (κ1) is 11.2. The number of ether oxygens (including phenoxy) is 1. The van der Waals surface area contributed by atoms with E-state index in [1.807, 2.05) is 17.7 Å². The normalized spacial score (nSPS) is 17.8. The molecule has 1 atom stereocenters. The van der Waals surface area contributed by atoms with Crippen molar-refractivity contribution in [1.82, 2.24) is 9.78 Å². The Bertz CT molecular complexity index is 395. The molecule has 1 unspecified atom stereocenters. The fraction of sp³-hybridized carbons (Fsp3) is 0.583. The summed E-state index contributed by atoms with van der Waals surface area (Å²) in [5.41, 5.74) is 8.24. The summed E-state index contributed by atoms with van der Waals surface area (Å²) in [7, 11) is 0. The lowest BCUT2D eigenvalue weighted by Crippen LogP contribution is -2.21. The summed E-state index contributed by atoms with van der Waals surface area (Å²) in [5, 5.41) is 4.40. The van der Waals surface area contributed by atoms with Crippen LogP contribution in [0.2, 0.25) is 0 Å². The molecule has 4 heteroatoms. The molecule has 0 fully saturated rings. The Hall–Kier alpha value is -1.29. The molecule has 0 spiro atoms. The third-order valence-corrected chi connectivity index (χ3v) is 2.82. The zero-order valence-corrected chi connectivity index (χ0v) is 9.94. The van der Waals surface area contributed by atoms with E-state index in [0.717, 1.165) is 43.1 Å². The van der Waals surface area contributed by atoms with Gasteiger partial charge in [-0.05, 0) is 38.8 Å². The Labute approximate surface area is 96.1 Å². The van der Waals surface area contributed by atoms with Crippen LogP contribution in [0.3, 0.4) is 0 Å². The Kier molecular flexibility index (Phi) is 3.29. The minimum atomic E-state index is -0.179. The standard InChI is InChI=1S/C12H19N3O/c1-3-15-10(8-9(2)14-15)12(13)11-6-4-5-7-16-11/h6,8,12H,3-5,7,13H2,1-2H3. The fourth-order valence-electron chi connectivity index (χ4n) is 2.01. The van der Waals surface area contributed by atoms with Crippen LogP contribution >= 0.6 is 0 Å². The summed E-state index contributed by atoms with van der Waals surface area (Å²) in [6, 6.07) is 1.86. The smallest absolute Gasteiger partial charge is 0.115 e. The van der Waals surface area contributed by atoms with Crippen molar-refractivity contribution in [3.05, 3.63) is 29.3 Å². The molecule has 0 bridgehead atoms. The van der Waals surface area contributed by atoms with Crippen LogP contribution < -0.4 is 5.73 Å². The maximum absolute atomic E-state index is 6.21. The van der Waals surface area contributed by atoms with Gasteiger partial charge in [0.2, 0.25) is 0 Å². The van der Waals surface area contributed by atoms with Crippen molar-refractivity contribution in [2.45, 2.75) is 39.3 Å². The van der Waals surface area contributed by atoms with Gasteiger partial charge in [-0.1, -0.05) is 0 Å². The van der Waals surface area contributed by atoms with Gasteiger partial charge in [-0.2, -0.15) is 5.10 Å². The number of aromatic nitrogens is 2. The lowest BCUT2D eigenvalue weighted by Gasteiger charge is -2.21. The van der Waals surface area contributed by atoms with Crippen LogP contribution in [0.4, 0.5) is 0 Å². The Morgan fingerprint density at radius 1 is 1.62 bits per heavy atom. The average molecular weight is 221 g/mol. The first-order chi connectivity index (χ1) is 7.72. The van der Waals surface area contributed by atoms with Crippen LogP contribution in [-0.2, 0) is 11.3 Å². The first-order valence-corrected chi connectivity index (χ1v) is 5.85. The fourth-order valence-corrected chi connectivity index (χ4v) is 2.01. The Morgan fingerprint density at radius 2 is 2.44 bits per heavy atom. The van der Waals surface area contributed by atoms with Crippen molar-refractivity contribution in [2.24, 2.45) is 5.73 Å². The number of nitrogens with two attached hydrogens (primary N) is 1. The van der Waals surface area contributed by atoms with Crippen LogP contribution in [0.25, 0.3) is 0 Å². The highest BCUT2D eigenvalue weighted by molar-refractivity contribution is 5.21. The van der Waals surface area contributed by atoms with Gasteiger partial charge in [-0.15, -0.1) is 0 Å². The van der Waals surface area contributed by atoms with E-state index < -0.39 is 0 Å². The molecule has 1 aromatic rings. The number of nitrogens with zero attached hydrogens (tertiary/aromatic N) is 2. The molecule has 0 aliphatic carbocycles. The maximum Gasteiger partial charge on any atom is 0.115 e. The molecule has 88 valence electrons. The van der Waals surface area contributed by atoms with Crippen molar-refractivity contribution in [2.75, 3.05) is 6.61 Å². The molecule has 2 heterocycles. The molecule has 1 aromatic heterocycles.